The number of carboxylic acids is 2. The number of aliphatic carboxylic acids is 2. The fourth-order valence-corrected chi connectivity index (χ4v) is 2.31. The maximum Gasteiger partial charge on any atom is 0.308 e. The molecule has 1 fully saturated rings. The van der Waals surface area contributed by atoms with Gasteiger partial charge in [0.1, 0.15) is 0 Å². The average Bonchev–Trinajstić information content (AvgIpc) is 2.36. The summed E-state index contributed by atoms with van der Waals surface area (Å²) in [4.78, 5) is 35.2. The summed E-state index contributed by atoms with van der Waals surface area (Å²) in [5, 5.41) is 20.7. The molecule has 0 bridgehead atoms. The molecule has 7 heteroatoms. The van der Waals surface area contributed by atoms with E-state index in [1.54, 1.807) is 0 Å². The van der Waals surface area contributed by atoms with E-state index in [0.29, 0.717) is 32.5 Å². The van der Waals surface area contributed by atoms with Gasteiger partial charge in [0.15, 0.2) is 0 Å². The Morgan fingerprint density at radius 2 is 1.84 bits per heavy atom. The van der Waals surface area contributed by atoms with Gasteiger partial charge in [-0.1, -0.05) is 0 Å². The van der Waals surface area contributed by atoms with Crippen LogP contribution in [0.4, 0.5) is 0 Å². The zero-order valence-electron chi connectivity index (χ0n) is 11.0. The Morgan fingerprint density at radius 3 is 2.37 bits per heavy atom. The van der Waals surface area contributed by atoms with Gasteiger partial charge in [-0.3, -0.25) is 14.4 Å². The molecule has 2 unspecified atom stereocenters. The third-order valence-electron chi connectivity index (χ3n) is 3.36. The van der Waals surface area contributed by atoms with E-state index in [4.69, 9.17) is 10.2 Å². The highest BCUT2D eigenvalue weighted by Crippen LogP contribution is 2.24. The van der Waals surface area contributed by atoms with Crippen molar-refractivity contribution in [1.29, 1.82) is 0 Å². The van der Waals surface area contributed by atoms with Gasteiger partial charge in [0.2, 0.25) is 5.91 Å². The molecule has 0 aromatic carbocycles. The summed E-state index contributed by atoms with van der Waals surface area (Å²) < 4.78 is 0. The predicted octanol–water partition coefficient (Wildman–Crippen LogP) is -0.380. The van der Waals surface area contributed by atoms with Gasteiger partial charge in [-0.05, 0) is 19.9 Å². The molecule has 1 rings (SSSR count). The molecular weight excluding hydrogens is 252 g/mol. The Kier molecular flexibility index (Phi) is 5.75. The van der Waals surface area contributed by atoms with Gasteiger partial charge in [0.25, 0.3) is 0 Å². The summed E-state index contributed by atoms with van der Waals surface area (Å²) in [6.45, 7) is 3.56. The standard InChI is InChI=1S/C12H20N2O5/c1-2-13-10(15)4-6-14-5-3-8(11(16)17)9(7-14)12(18)19/h8-9H,2-7H2,1H3,(H,13,15)(H,16,17)(H,18,19). The number of hydrogen-bond donors (Lipinski definition) is 3. The maximum absolute atomic E-state index is 11.3. The number of hydrogen-bond acceptors (Lipinski definition) is 4. The largest absolute Gasteiger partial charge is 0.481 e. The summed E-state index contributed by atoms with van der Waals surface area (Å²) in [6.07, 6.45) is 0.611. The van der Waals surface area contributed by atoms with Crippen LogP contribution in [0, 0.1) is 11.8 Å². The summed E-state index contributed by atoms with van der Waals surface area (Å²) in [6, 6.07) is 0. The van der Waals surface area contributed by atoms with Crippen LogP contribution in [0.2, 0.25) is 0 Å². The third-order valence-corrected chi connectivity index (χ3v) is 3.36. The minimum Gasteiger partial charge on any atom is -0.481 e. The number of carbonyl (C=O) groups is 3. The summed E-state index contributed by atoms with van der Waals surface area (Å²) >= 11 is 0. The van der Waals surface area contributed by atoms with E-state index in [1.807, 2.05) is 11.8 Å². The van der Waals surface area contributed by atoms with Crippen LogP contribution in [-0.4, -0.2) is 59.1 Å². The lowest BCUT2D eigenvalue weighted by atomic mass is 9.85. The fraction of sp³-hybridized carbons (Fsp3) is 0.750. The minimum atomic E-state index is -1.09. The molecule has 7 nitrogen and oxygen atoms in total. The molecule has 3 N–H and O–H groups in total. The first-order chi connectivity index (χ1) is 8.95. The van der Waals surface area contributed by atoms with E-state index in [-0.39, 0.29) is 12.5 Å². The van der Waals surface area contributed by atoms with Gasteiger partial charge in [-0.15, -0.1) is 0 Å². The molecule has 1 aliphatic rings. The quantitative estimate of drug-likeness (QED) is 0.608. The Morgan fingerprint density at radius 1 is 1.21 bits per heavy atom. The molecule has 19 heavy (non-hydrogen) atoms. The third kappa shape index (κ3) is 4.51. The van der Waals surface area contributed by atoms with Crippen molar-refractivity contribution < 1.29 is 24.6 Å². The van der Waals surface area contributed by atoms with Crippen molar-refractivity contribution in [1.82, 2.24) is 10.2 Å². The first kappa shape index (κ1) is 15.4. The Balaban J connectivity index is 2.50. The maximum atomic E-state index is 11.3. The van der Waals surface area contributed by atoms with Gasteiger partial charge in [0, 0.05) is 26.1 Å². The minimum absolute atomic E-state index is 0.0743. The normalized spacial score (nSPS) is 23.8. The number of carbonyl (C=O) groups excluding carboxylic acids is 1. The highest BCUT2D eigenvalue weighted by Gasteiger charge is 2.38. The monoisotopic (exact) mass is 272 g/mol. The van der Waals surface area contributed by atoms with Crippen molar-refractivity contribution in [3.63, 3.8) is 0 Å². The second kappa shape index (κ2) is 7.08. The van der Waals surface area contributed by atoms with Crippen LogP contribution in [0.3, 0.4) is 0 Å². The molecule has 0 radical (unpaired) electrons. The lowest BCUT2D eigenvalue weighted by Crippen LogP contribution is -2.47. The molecule has 1 aliphatic heterocycles. The van der Waals surface area contributed by atoms with Gasteiger partial charge in [0.05, 0.1) is 11.8 Å². The summed E-state index contributed by atoms with van der Waals surface area (Å²) in [5.74, 6) is -3.96. The van der Waals surface area contributed by atoms with E-state index < -0.39 is 23.8 Å². The molecule has 0 aromatic rings. The smallest absolute Gasteiger partial charge is 0.308 e. The number of rotatable bonds is 6. The van der Waals surface area contributed by atoms with Crippen LogP contribution >= 0.6 is 0 Å². The lowest BCUT2D eigenvalue weighted by Gasteiger charge is -2.34. The van der Waals surface area contributed by atoms with Crippen LogP contribution in [0.1, 0.15) is 19.8 Å². The van der Waals surface area contributed by atoms with E-state index in [9.17, 15) is 14.4 Å². The zero-order valence-corrected chi connectivity index (χ0v) is 11.0. The molecule has 1 amide bonds. The van der Waals surface area contributed by atoms with Crippen molar-refractivity contribution in [2.45, 2.75) is 19.8 Å². The molecule has 2 atom stereocenters. The lowest BCUT2D eigenvalue weighted by molar-refractivity contribution is -0.157. The first-order valence-corrected chi connectivity index (χ1v) is 6.40. The van der Waals surface area contributed by atoms with Gasteiger partial charge < -0.3 is 20.4 Å². The highest BCUT2D eigenvalue weighted by atomic mass is 16.4. The molecule has 0 aliphatic carbocycles. The zero-order chi connectivity index (χ0) is 14.4. The van der Waals surface area contributed by atoms with Crippen molar-refractivity contribution in [3.05, 3.63) is 0 Å². The molecule has 0 aromatic heterocycles. The Bertz CT molecular complexity index is 358. The van der Waals surface area contributed by atoms with E-state index in [0.717, 1.165) is 0 Å². The number of amides is 1. The van der Waals surface area contributed by atoms with Gasteiger partial charge in [-0.2, -0.15) is 0 Å². The summed E-state index contributed by atoms with van der Waals surface area (Å²) in [5.41, 5.74) is 0. The second-order valence-corrected chi connectivity index (χ2v) is 4.68. The fourth-order valence-electron chi connectivity index (χ4n) is 2.31. The van der Waals surface area contributed by atoms with Crippen LogP contribution in [0.5, 0.6) is 0 Å². The van der Waals surface area contributed by atoms with Crippen molar-refractivity contribution in [2.24, 2.45) is 11.8 Å². The number of likely N-dealkylation sites (tertiary alicyclic amines) is 1. The molecule has 108 valence electrons. The number of nitrogens with zero attached hydrogens (tertiary/aromatic N) is 1. The SMILES string of the molecule is CCNC(=O)CCN1CCC(C(=O)O)C(C(=O)O)C1. The Labute approximate surface area is 111 Å². The van der Waals surface area contributed by atoms with Gasteiger partial charge in [-0.25, -0.2) is 0 Å². The summed E-state index contributed by atoms with van der Waals surface area (Å²) in [7, 11) is 0. The average molecular weight is 272 g/mol. The predicted molar refractivity (Wildman–Crippen MR) is 66.6 cm³/mol. The number of piperidine rings is 1. The van der Waals surface area contributed by atoms with Crippen LogP contribution in [0.25, 0.3) is 0 Å². The molecular formula is C12H20N2O5. The van der Waals surface area contributed by atoms with E-state index in [2.05, 4.69) is 5.32 Å². The molecule has 1 saturated heterocycles. The van der Waals surface area contributed by atoms with Crippen LogP contribution in [0.15, 0.2) is 0 Å². The molecule has 1 heterocycles. The number of nitrogens with one attached hydrogen (secondary N) is 1. The van der Waals surface area contributed by atoms with Crippen LogP contribution < -0.4 is 5.32 Å². The van der Waals surface area contributed by atoms with Crippen LogP contribution in [-0.2, 0) is 14.4 Å². The van der Waals surface area contributed by atoms with Crippen molar-refractivity contribution >= 4 is 17.8 Å². The first-order valence-electron chi connectivity index (χ1n) is 6.40. The van der Waals surface area contributed by atoms with Crippen molar-refractivity contribution in [3.8, 4) is 0 Å². The Hall–Kier alpha value is -1.63. The van der Waals surface area contributed by atoms with Gasteiger partial charge >= 0.3 is 11.9 Å². The molecule has 0 saturated carbocycles. The molecule has 0 spiro atoms. The van der Waals surface area contributed by atoms with Crippen molar-refractivity contribution in [2.75, 3.05) is 26.2 Å². The topological polar surface area (TPSA) is 107 Å². The second-order valence-electron chi connectivity index (χ2n) is 4.68. The van der Waals surface area contributed by atoms with E-state index >= 15 is 0 Å². The number of carboxylic acid groups (broad SMARTS) is 2. The van der Waals surface area contributed by atoms with E-state index in [1.165, 1.54) is 0 Å². The highest BCUT2D eigenvalue weighted by molar-refractivity contribution is 5.80.